The highest BCUT2D eigenvalue weighted by Crippen LogP contribution is 1.72. The first-order chi connectivity index (χ1) is 6.41. The van der Waals surface area contributed by atoms with Crippen LogP contribution in [0, 0.1) is 11.3 Å². The van der Waals surface area contributed by atoms with E-state index in [2.05, 4.69) is 10.3 Å². The second kappa shape index (κ2) is 10.4. The molecule has 0 atom stereocenters. The van der Waals surface area contributed by atoms with Gasteiger partial charge >= 0.3 is 0 Å². The lowest BCUT2D eigenvalue weighted by Gasteiger charge is -1.91. The number of ether oxygens (including phenoxy) is 1. The molecule has 0 aliphatic heterocycles. The Morgan fingerprint density at radius 2 is 2.38 bits per heavy atom. The molecule has 13 heavy (non-hydrogen) atoms. The van der Waals surface area contributed by atoms with Crippen LogP contribution in [0.4, 0.5) is 0 Å². The van der Waals surface area contributed by atoms with E-state index in [-0.39, 0.29) is 0 Å². The van der Waals surface area contributed by atoms with Gasteiger partial charge in [0.05, 0.1) is 25.6 Å². The number of nitrogens with zero attached hydrogens (tertiary/aromatic N) is 2. The number of methoxy groups -OCH3 is 1. The predicted molar refractivity (Wildman–Crippen MR) is 52.3 cm³/mol. The standard InChI is InChI=1S/C9H13N3O/c1-13-8-7-12-9-11-6-4-2-3-5-10/h2-4,6,9H,7-8H2,1H3,(H,11,12)/b3-2+,6-4-. The first-order valence-electron chi connectivity index (χ1n) is 3.86. The highest BCUT2D eigenvalue weighted by Gasteiger charge is 1.74. The van der Waals surface area contributed by atoms with E-state index >= 15 is 0 Å². The van der Waals surface area contributed by atoms with Crippen molar-refractivity contribution in [3.05, 3.63) is 24.4 Å². The quantitative estimate of drug-likeness (QED) is 0.216. The third kappa shape index (κ3) is 10.4. The van der Waals surface area contributed by atoms with Crippen LogP contribution in [-0.2, 0) is 4.74 Å². The minimum absolute atomic E-state index is 0.621. The van der Waals surface area contributed by atoms with E-state index in [0.717, 1.165) is 0 Å². The Labute approximate surface area is 78.2 Å². The second-order valence-corrected chi connectivity index (χ2v) is 2.04. The van der Waals surface area contributed by atoms with Crippen molar-refractivity contribution in [3.8, 4) is 6.07 Å². The number of hydrogen-bond donors (Lipinski definition) is 1. The van der Waals surface area contributed by atoms with Crippen LogP contribution in [0.2, 0.25) is 0 Å². The van der Waals surface area contributed by atoms with Crippen molar-refractivity contribution >= 4 is 6.34 Å². The van der Waals surface area contributed by atoms with Gasteiger partial charge in [0.2, 0.25) is 0 Å². The maximum absolute atomic E-state index is 8.13. The molecule has 0 aromatic carbocycles. The summed E-state index contributed by atoms with van der Waals surface area (Å²) in [5, 5.41) is 10.9. The molecule has 0 unspecified atom stereocenters. The molecule has 0 aliphatic carbocycles. The van der Waals surface area contributed by atoms with Gasteiger partial charge in [-0.25, -0.2) is 0 Å². The number of rotatable bonds is 6. The van der Waals surface area contributed by atoms with Crippen LogP contribution in [0.5, 0.6) is 0 Å². The van der Waals surface area contributed by atoms with Gasteiger partial charge in [-0.2, -0.15) is 5.26 Å². The summed E-state index contributed by atoms with van der Waals surface area (Å²) in [7, 11) is 1.63. The van der Waals surface area contributed by atoms with E-state index in [0.29, 0.717) is 13.2 Å². The smallest absolute Gasteiger partial charge is 0.0912 e. The fourth-order valence-corrected chi connectivity index (χ4v) is 0.514. The van der Waals surface area contributed by atoms with E-state index in [1.54, 1.807) is 31.8 Å². The molecule has 0 aliphatic rings. The Kier molecular flexibility index (Phi) is 9.12. The van der Waals surface area contributed by atoms with Gasteiger partial charge in [0.1, 0.15) is 0 Å². The van der Waals surface area contributed by atoms with Crippen molar-refractivity contribution in [2.24, 2.45) is 4.99 Å². The molecule has 0 rings (SSSR count). The zero-order chi connectivity index (χ0) is 9.78. The summed E-state index contributed by atoms with van der Waals surface area (Å²) in [5.74, 6) is 0. The fourth-order valence-electron chi connectivity index (χ4n) is 0.514. The topological polar surface area (TPSA) is 57.4 Å². The lowest BCUT2D eigenvalue weighted by Crippen LogP contribution is -2.02. The number of aliphatic imine (C=N–C) groups is 1. The maximum Gasteiger partial charge on any atom is 0.0912 e. The van der Waals surface area contributed by atoms with Crippen LogP contribution < -0.4 is 5.32 Å². The van der Waals surface area contributed by atoms with Crippen LogP contribution >= 0.6 is 0 Å². The van der Waals surface area contributed by atoms with Crippen LogP contribution in [0.25, 0.3) is 0 Å². The van der Waals surface area contributed by atoms with Crippen molar-refractivity contribution in [1.29, 1.82) is 5.26 Å². The average molecular weight is 179 g/mol. The molecule has 0 amide bonds. The number of nitriles is 1. The normalized spacial score (nSPS) is 11.4. The van der Waals surface area contributed by atoms with E-state index < -0.39 is 0 Å². The van der Waals surface area contributed by atoms with Crippen LogP contribution in [0.1, 0.15) is 0 Å². The summed E-state index contributed by atoms with van der Waals surface area (Å²) in [6, 6.07) is 1.88. The third-order valence-electron chi connectivity index (χ3n) is 1.06. The van der Waals surface area contributed by atoms with E-state index in [1.165, 1.54) is 6.08 Å². The lowest BCUT2D eigenvalue weighted by molar-refractivity contribution is 0.208. The Balaban J connectivity index is 3.34. The molecule has 1 N–H and O–H groups in total. The Morgan fingerprint density at radius 3 is 3.08 bits per heavy atom. The summed E-state index contributed by atoms with van der Waals surface area (Å²) >= 11 is 0. The summed E-state index contributed by atoms with van der Waals surface area (Å²) in [6.07, 6.45) is 8.00. The van der Waals surface area contributed by atoms with Crippen molar-refractivity contribution in [1.82, 2.24) is 5.32 Å². The Morgan fingerprint density at radius 1 is 1.54 bits per heavy atom. The molecule has 0 heterocycles. The van der Waals surface area contributed by atoms with Crippen molar-refractivity contribution in [3.63, 3.8) is 0 Å². The van der Waals surface area contributed by atoms with Gasteiger partial charge in [0.15, 0.2) is 0 Å². The number of allylic oxidation sites excluding steroid dienone is 3. The summed E-state index contributed by atoms with van der Waals surface area (Å²) in [4.78, 5) is 3.98. The first-order valence-corrected chi connectivity index (χ1v) is 3.86. The van der Waals surface area contributed by atoms with Gasteiger partial charge in [-0.1, -0.05) is 6.08 Å². The summed E-state index contributed by atoms with van der Waals surface area (Å²) in [5.41, 5.74) is 0. The number of nitrogens with one attached hydrogen (secondary N) is 1. The van der Waals surface area contributed by atoms with Crippen molar-refractivity contribution in [2.75, 3.05) is 20.3 Å². The Hall–Kier alpha value is -1.60. The SMILES string of the molecule is COCCN=CN/C=C\C=C\C#N. The molecule has 70 valence electrons. The molecule has 0 aromatic rings. The Bertz CT molecular complexity index is 226. The lowest BCUT2D eigenvalue weighted by atomic mass is 10.5. The molecule has 0 saturated carbocycles. The minimum atomic E-state index is 0.621. The van der Waals surface area contributed by atoms with Crippen LogP contribution in [-0.4, -0.2) is 26.6 Å². The van der Waals surface area contributed by atoms with Gasteiger partial charge in [0.25, 0.3) is 0 Å². The molecular weight excluding hydrogens is 166 g/mol. The largest absolute Gasteiger partial charge is 0.383 e. The number of hydrogen-bond acceptors (Lipinski definition) is 3. The van der Waals surface area contributed by atoms with Crippen molar-refractivity contribution in [2.45, 2.75) is 0 Å². The summed E-state index contributed by atoms with van der Waals surface area (Å²) < 4.78 is 4.79. The predicted octanol–water partition coefficient (Wildman–Crippen LogP) is 0.844. The van der Waals surface area contributed by atoms with E-state index in [4.69, 9.17) is 10.00 Å². The van der Waals surface area contributed by atoms with Crippen LogP contribution in [0.15, 0.2) is 29.4 Å². The molecule has 4 heteroatoms. The molecule has 0 aromatic heterocycles. The highest BCUT2D eigenvalue weighted by atomic mass is 16.5. The average Bonchev–Trinajstić information content (AvgIpc) is 2.16. The van der Waals surface area contributed by atoms with Gasteiger partial charge in [0, 0.05) is 19.4 Å². The molecule has 0 bridgehead atoms. The second-order valence-electron chi connectivity index (χ2n) is 2.04. The van der Waals surface area contributed by atoms with E-state index in [1.807, 2.05) is 6.07 Å². The molecular formula is C9H13N3O. The molecule has 0 fully saturated rings. The fraction of sp³-hybridized carbons (Fsp3) is 0.333. The maximum atomic E-state index is 8.13. The van der Waals surface area contributed by atoms with Gasteiger partial charge < -0.3 is 10.1 Å². The minimum Gasteiger partial charge on any atom is -0.383 e. The molecule has 0 saturated heterocycles. The van der Waals surface area contributed by atoms with E-state index in [9.17, 15) is 0 Å². The van der Waals surface area contributed by atoms with Crippen LogP contribution in [0.3, 0.4) is 0 Å². The first kappa shape index (κ1) is 11.4. The summed E-state index contributed by atoms with van der Waals surface area (Å²) in [6.45, 7) is 1.27. The van der Waals surface area contributed by atoms with Gasteiger partial charge in [-0.05, 0) is 6.08 Å². The van der Waals surface area contributed by atoms with Gasteiger partial charge in [-0.3, -0.25) is 4.99 Å². The van der Waals surface area contributed by atoms with Crippen molar-refractivity contribution < 1.29 is 4.74 Å². The molecule has 0 radical (unpaired) electrons. The zero-order valence-electron chi connectivity index (χ0n) is 7.60. The highest BCUT2D eigenvalue weighted by molar-refractivity contribution is 5.55. The third-order valence-corrected chi connectivity index (χ3v) is 1.06. The molecule has 0 spiro atoms. The molecule has 4 nitrogen and oxygen atoms in total. The monoisotopic (exact) mass is 179 g/mol. The zero-order valence-corrected chi connectivity index (χ0v) is 7.60. The van der Waals surface area contributed by atoms with Gasteiger partial charge in [-0.15, -0.1) is 0 Å².